The molecule has 3 aromatic carbocycles. The molecule has 0 aliphatic carbocycles. The highest BCUT2D eigenvalue weighted by Crippen LogP contribution is 2.45. The number of halogens is 1. The molecule has 1 unspecified atom stereocenters. The van der Waals surface area contributed by atoms with Gasteiger partial charge in [-0.3, -0.25) is 4.90 Å². The van der Waals surface area contributed by atoms with Crippen LogP contribution < -0.4 is 13.7 Å². The van der Waals surface area contributed by atoms with Gasteiger partial charge in [-0.15, -0.1) is 0 Å². The molecule has 0 amide bonds. The summed E-state index contributed by atoms with van der Waals surface area (Å²) in [5.41, 5.74) is 4.24. The van der Waals surface area contributed by atoms with E-state index in [0.717, 1.165) is 54.3 Å². The van der Waals surface area contributed by atoms with Crippen LogP contribution in [-0.4, -0.2) is 38.2 Å². The van der Waals surface area contributed by atoms with Crippen molar-refractivity contribution in [1.29, 1.82) is 0 Å². The van der Waals surface area contributed by atoms with Gasteiger partial charge in [0.15, 0.2) is 23.0 Å². The number of fused-ring (bicyclic) bond motifs is 5. The first-order chi connectivity index (χ1) is 16.4. The van der Waals surface area contributed by atoms with Gasteiger partial charge in [0.1, 0.15) is 23.9 Å². The molecule has 3 aliphatic heterocycles. The predicted octanol–water partition coefficient (Wildman–Crippen LogP) is 3.73. The van der Waals surface area contributed by atoms with Gasteiger partial charge in [-0.1, -0.05) is 6.07 Å². The third-order valence-corrected chi connectivity index (χ3v) is 7.85. The summed E-state index contributed by atoms with van der Waals surface area (Å²) in [5, 5.41) is 10.7. The quantitative estimate of drug-likeness (QED) is 0.569. The lowest BCUT2D eigenvalue weighted by Crippen LogP contribution is -2.39. The van der Waals surface area contributed by atoms with Gasteiger partial charge >= 0.3 is 10.1 Å². The van der Waals surface area contributed by atoms with E-state index in [1.54, 1.807) is 12.1 Å². The SMILES string of the molecule is O=S(=O)(Oc1cc2c(cc1O)C1Cc3cc4c(cc3CN1CC2)OCCO4)c1cccc(F)c1. The van der Waals surface area contributed by atoms with Crippen molar-refractivity contribution < 1.29 is 31.6 Å². The lowest BCUT2D eigenvalue weighted by Gasteiger charge is -2.42. The van der Waals surface area contributed by atoms with Crippen LogP contribution in [-0.2, 0) is 29.5 Å². The second-order valence-corrected chi connectivity index (χ2v) is 10.3. The van der Waals surface area contributed by atoms with Crippen molar-refractivity contribution in [3.05, 3.63) is 76.6 Å². The fraction of sp³-hybridized carbons (Fsp3) is 0.280. The molecule has 7 nitrogen and oxygen atoms in total. The van der Waals surface area contributed by atoms with Crippen molar-refractivity contribution in [3.8, 4) is 23.0 Å². The van der Waals surface area contributed by atoms with Crippen LogP contribution >= 0.6 is 0 Å². The van der Waals surface area contributed by atoms with Gasteiger partial charge in [0.25, 0.3) is 0 Å². The van der Waals surface area contributed by atoms with Crippen LogP contribution in [0.3, 0.4) is 0 Å². The van der Waals surface area contributed by atoms with Crippen molar-refractivity contribution in [2.75, 3.05) is 19.8 Å². The highest BCUT2D eigenvalue weighted by molar-refractivity contribution is 7.87. The highest BCUT2D eigenvalue weighted by atomic mass is 32.2. The van der Waals surface area contributed by atoms with Gasteiger partial charge in [0.05, 0.1) is 0 Å². The molecule has 0 fully saturated rings. The number of hydrogen-bond acceptors (Lipinski definition) is 7. The number of phenolic OH excluding ortho intramolecular Hbond substituents is 1. The number of aromatic hydroxyl groups is 1. The van der Waals surface area contributed by atoms with Crippen LogP contribution in [0.15, 0.2) is 53.4 Å². The summed E-state index contributed by atoms with van der Waals surface area (Å²) in [6, 6.07) is 11.9. The molecule has 6 rings (SSSR count). The Morgan fingerprint density at radius 3 is 2.53 bits per heavy atom. The van der Waals surface area contributed by atoms with E-state index in [-0.39, 0.29) is 22.4 Å². The fourth-order valence-corrected chi connectivity index (χ4v) is 5.96. The molecule has 3 aliphatic rings. The van der Waals surface area contributed by atoms with Crippen LogP contribution in [0.4, 0.5) is 4.39 Å². The summed E-state index contributed by atoms with van der Waals surface area (Å²) in [6.45, 7) is 2.61. The summed E-state index contributed by atoms with van der Waals surface area (Å²) in [6.07, 6.45) is 1.42. The number of hydrogen-bond donors (Lipinski definition) is 1. The summed E-state index contributed by atoms with van der Waals surface area (Å²) in [5.74, 6) is 0.416. The van der Waals surface area contributed by atoms with Crippen molar-refractivity contribution in [2.24, 2.45) is 0 Å². The second-order valence-electron chi connectivity index (χ2n) is 8.72. The maximum atomic E-state index is 13.5. The van der Waals surface area contributed by atoms with Gasteiger partial charge in [-0.2, -0.15) is 8.42 Å². The molecule has 3 heterocycles. The zero-order valence-electron chi connectivity index (χ0n) is 18.2. The Kier molecular flexibility index (Phi) is 4.93. The average molecular weight is 484 g/mol. The summed E-state index contributed by atoms with van der Waals surface area (Å²) >= 11 is 0. The Morgan fingerprint density at radius 2 is 1.76 bits per heavy atom. The largest absolute Gasteiger partial charge is 0.504 e. The molecule has 176 valence electrons. The van der Waals surface area contributed by atoms with E-state index in [0.29, 0.717) is 19.6 Å². The van der Waals surface area contributed by atoms with Gasteiger partial charge in [0, 0.05) is 19.1 Å². The normalized spacial score (nSPS) is 19.0. The first-order valence-electron chi connectivity index (χ1n) is 11.1. The Bertz CT molecular complexity index is 1410. The number of ether oxygens (including phenoxy) is 2. The lowest BCUT2D eigenvalue weighted by molar-refractivity contribution is 0.154. The predicted molar refractivity (Wildman–Crippen MR) is 120 cm³/mol. The molecule has 3 aromatic rings. The standard InChI is InChI=1S/C25H22FNO6S/c26-18-2-1-3-19(12-18)34(29,30)33-23-9-15-4-5-27-14-17-11-25-24(31-6-7-32-25)10-16(17)8-21(27)20(15)13-22(23)28/h1-3,9-13,21,28H,4-8,14H2. The maximum absolute atomic E-state index is 13.5. The van der Waals surface area contributed by atoms with E-state index in [1.165, 1.54) is 23.3 Å². The molecule has 1 N–H and O–H groups in total. The Labute approximate surface area is 196 Å². The summed E-state index contributed by atoms with van der Waals surface area (Å²) < 4.78 is 55.4. The van der Waals surface area contributed by atoms with Gasteiger partial charge in [-0.05, 0) is 77.6 Å². The monoisotopic (exact) mass is 483 g/mol. The van der Waals surface area contributed by atoms with Crippen LogP contribution in [0, 0.1) is 5.82 Å². The molecule has 0 spiro atoms. The van der Waals surface area contributed by atoms with Gasteiger partial charge in [-0.25, -0.2) is 4.39 Å². The maximum Gasteiger partial charge on any atom is 0.339 e. The summed E-state index contributed by atoms with van der Waals surface area (Å²) in [7, 11) is -4.29. The Balaban J connectivity index is 1.31. The fourth-order valence-electron chi connectivity index (χ4n) is 4.99. The van der Waals surface area contributed by atoms with E-state index < -0.39 is 15.9 Å². The number of benzene rings is 3. The average Bonchev–Trinajstić information content (AvgIpc) is 2.82. The molecule has 0 saturated heterocycles. The third kappa shape index (κ3) is 3.65. The second kappa shape index (κ2) is 7.89. The lowest BCUT2D eigenvalue weighted by atomic mass is 9.83. The molecule has 1 atom stereocenters. The van der Waals surface area contributed by atoms with Gasteiger partial charge in [0.2, 0.25) is 0 Å². The Hall–Kier alpha value is -3.30. The zero-order chi connectivity index (χ0) is 23.4. The third-order valence-electron chi connectivity index (χ3n) is 6.62. The molecule has 0 bridgehead atoms. The van der Waals surface area contributed by atoms with E-state index in [1.807, 2.05) is 6.07 Å². The van der Waals surface area contributed by atoms with Gasteiger partial charge < -0.3 is 18.8 Å². The van der Waals surface area contributed by atoms with E-state index in [2.05, 4.69) is 11.0 Å². The van der Waals surface area contributed by atoms with Crippen LogP contribution in [0.25, 0.3) is 0 Å². The van der Waals surface area contributed by atoms with Crippen molar-refractivity contribution in [2.45, 2.75) is 30.3 Å². The number of nitrogens with zero attached hydrogens (tertiary/aromatic N) is 1. The number of phenols is 1. The van der Waals surface area contributed by atoms with Crippen molar-refractivity contribution in [1.82, 2.24) is 4.90 Å². The van der Waals surface area contributed by atoms with E-state index in [9.17, 15) is 17.9 Å². The minimum Gasteiger partial charge on any atom is -0.504 e. The Morgan fingerprint density at radius 1 is 1.00 bits per heavy atom. The minimum absolute atomic E-state index is 0.0404. The molecule has 0 aromatic heterocycles. The minimum atomic E-state index is -4.29. The summed E-state index contributed by atoms with van der Waals surface area (Å²) in [4.78, 5) is 2.04. The van der Waals surface area contributed by atoms with E-state index in [4.69, 9.17) is 13.7 Å². The van der Waals surface area contributed by atoms with Crippen LogP contribution in [0.2, 0.25) is 0 Å². The molecule has 0 radical (unpaired) electrons. The topological polar surface area (TPSA) is 85.3 Å². The first-order valence-corrected chi connectivity index (χ1v) is 12.5. The van der Waals surface area contributed by atoms with Crippen molar-refractivity contribution in [3.63, 3.8) is 0 Å². The smallest absolute Gasteiger partial charge is 0.339 e. The molecule has 9 heteroatoms. The van der Waals surface area contributed by atoms with Crippen molar-refractivity contribution >= 4 is 10.1 Å². The highest BCUT2D eigenvalue weighted by Gasteiger charge is 2.34. The van der Waals surface area contributed by atoms with Crippen LogP contribution in [0.1, 0.15) is 28.3 Å². The molecule has 0 saturated carbocycles. The zero-order valence-corrected chi connectivity index (χ0v) is 19.0. The molecule has 34 heavy (non-hydrogen) atoms. The molecular formula is C25H22FNO6S. The molecular weight excluding hydrogens is 461 g/mol. The number of rotatable bonds is 3. The first kappa shape index (κ1) is 21.2. The van der Waals surface area contributed by atoms with Crippen LogP contribution in [0.5, 0.6) is 23.0 Å². The van der Waals surface area contributed by atoms with E-state index >= 15 is 0 Å².